The van der Waals surface area contributed by atoms with Crippen molar-refractivity contribution in [1.29, 1.82) is 0 Å². The Morgan fingerprint density at radius 3 is 2.33 bits per heavy atom. The lowest BCUT2D eigenvalue weighted by Gasteiger charge is -2.48. The van der Waals surface area contributed by atoms with E-state index in [0.717, 1.165) is 6.42 Å². The van der Waals surface area contributed by atoms with Crippen molar-refractivity contribution in [3.8, 4) is 0 Å². The summed E-state index contributed by atoms with van der Waals surface area (Å²) < 4.78 is 0. The van der Waals surface area contributed by atoms with Crippen LogP contribution in [0, 0.1) is 34.5 Å². The Hall–Kier alpha value is -0.970. The van der Waals surface area contributed by atoms with Gasteiger partial charge in [0.1, 0.15) is 17.8 Å². The molecule has 0 amide bonds. The molecule has 0 aromatic heterocycles. The van der Waals surface area contributed by atoms with E-state index in [1.54, 1.807) is 19.9 Å². The van der Waals surface area contributed by atoms with E-state index < -0.39 is 23.2 Å². The third kappa shape index (κ3) is 1.50. The van der Waals surface area contributed by atoms with Crippen molar-refractivity contribution in [2.75, 3.05) is 0 Å². The molecule has 4 rings (SSSR count). The number of Topliss-reactive ketones (excluding diaryl/α,β-unsaturated/α-hetero) is 1. The first kappa shape index (κ1) is 16.5. The van der Waals surface area contributed by atoms with E-state index in [-0.39, 0.29) is 29.0 Å². The maximum absolute atomic E-state index is 13.7. The minimum Gasteiger partial charge on any atom is -0.386 e. The van der Waals surface area contributed by atoms with Gasteiger partial charge in [-0.15, -0.1) is 0 Å². The van der Waals surface area contributed by atoms with E-state index in [1.165, 1.54) is 0 Å². The molecular weight excluding hydrogens is 304 g/mol. The molecular formula is C20H28O4. The highest BCUT2D eigenvalue weighted by molar-refractivity contribution is 5.95. The molecule has 2 bridgehead atoms. The van der Waals surface area contributed by atoms with Crippen LogP contribution in [0.5, 0.6) is 0 Å². The van der Waals surface area contributed by atoms with Crippen LogP contribution in [-0.2, 0) is 4.79 Å². The van der Waals surface area contributed by atoms with Gasteiger partial charge in [-0.25, -0.2) is 0 Å². The molecule has 0 aliphatic heterocycles. The summed E-state index contributed by atoms with van der Waals surface area (Å²) in [7, 11) is 0. The Morgan fingerprint density at radius 2 is 1.71 bits per heavy atom. The monoisotopic (exact) mass is 332 g/mol. The van der Waals surface area contributed by atoms with Gasteiger partial charge in [0.2, 0.25) is 0 Å². The van der Waals surface area contributed by atoms with Gasteiger partial charge >= 0.3 is 0 Å². The van der Waals surface area contributed by atoms with Crippen LogP contribution < -0.4 is 0 Å². The van der Waals surface area contributed by atoms with Gasteiger partial charge in [0.25, 0.3) is 0 Å². The highest BCUT2D eigenvalue weighted by atomic mass is 16.4. The van der Waals surface area contributed by atoms with Gasteiger partial charge in [-0.3, -0.25) is 4.79 Å². The van der Waals surface area contributed by atoms with Gasteiger partial charge in [0.15, 0.2) is 5.78 Å². The Kier molecular flexibility index (Phi) is 3.03. The van der Waals surface area contributed by atoms with Crippen molar-refractivity contribution < 1.29 is 20.1 Å². The summed E-state index contributed by atoms with van der Waals surface area (Å²) in [6, 6.07) is 0. The van der Waals surface area contributed by atoms with Gasteiger partial charge in [0.05, 0.1) is 5.41 Å². The zero-order valence-electron chi connectivity index (χ0n) is 15.1. The highest BCUT2D eigenvalue weighted by Gasteiger charge is 2.75. The molecule has 0 aromatic rings. The van der Waals surface area contributed by atoms with Crippen LogP contribution in [0.2, 0.25) is 0 Å². The van der Waals surface area contributed by atoms with Gasteiger partial charge in [-0.1, -0.05) is 32.9 Å². The van der Waals surface area contributed by atoms with Crippen LogP contribution in [0.3, 0.4) is 0 Å². The number of aliphatic hydroxyl groups is 3. The van der Waals surface area contributed by atoms with Crippen LogP contribution >= 0.6 is 0 Å². The fourth-order valence-corrected chi connectivity index (χ4v) is 6.41. The van der Waals surface area contributed by atoms with Crippen molar-refractivity contribution in [3.63, 3.8) is 0 Å². The summed E-state index contributed by atoms with van der Waals surface area (Å²) >= 11 is 0. The van der Waals surface area contributed by atoms with Gasteiger partial charge in [-0.05, 0) is 54.6 Å². The Bertz CT molecular complexity index is 690. The summed E-state index contributed by atoms with van der Waals surface area (Å²) in [5.41, 5.74) is -1.80. The predicted molar refractivity (Wildman–Crippen MR) is 89.9 cm³/mol. The van der Waals surface area contributed by atoms with Crippen LogP contribution in [0.15, 0.2) is 23.3 Å². The third-order valence-electron chi connectivity index (χ3n) is 7.88. The second-order valence-electron chi connectivity index (χ2n) is 9.28. The largest absolute Gasteiger partial charge is 0.386 e. The molecule has 24 heavy (non-hydrogen) atoms. The summed E-state index contributed by atoms with van der Waals surface area (Å²) in [5, 5.41) is 33.2. The standard InChI is InChI=1S/C20H28O4/c1-9-6-12-14-13(18(14,4)5)7-11(3)19(17(12)23)8-10(2)16(22)20(19,24)15(9)21/h6,8,11-16,21-22,24H,7H2,1-5H3/t11-,12+,13+,14+,15-,16+,19-,20+/m1/s1. The number of fused-ring (bicyclic) bond motifs is 3. The fourth-order valence-electron chi connectivity index (χ4n) is 6.41. The molecule has 3 N–H and O–H groups in total. The minimum atomic E-state index is -1.87. The molecule has 0 aromatic carbocycles. The van der Waals surface area contributed by atoms with Crippen LogP contribution in [0.4, 0.5) is 0 Å². The second kappa shape index (κ2) is 4.40. The quantitative estimate of drug-likeness (QED) is 0.592. The van der Waals surface area contributed by atoms with Crippen molar-refractivity contribution in [2.45, 2.75) is 58.8 Å². The van der Waals surface area contributed by atoms with Crippen molar-refractivity contribution in [1.82, 2.24) is 0 Å². The Morgan fingerprint density at radius 1 is 1.12 bits per heavy atom. The molecule has 0 heterocycles. The van der Waals surface area contributed by atoms with Gasteiger partial charge in [-0.2, -0.15) is 0 Å². The van der Waals surface area contributed by atoms with E-state index in [4.69, 9.17) is 0 Å². The van der Waals surface area contributed by atoms with Crippen LogP contribution in [0.1, 0.15) is 41.0 Å². The molecule has 132 valence electrons. The van der Waals surface area contributed by atoms with Crippen LogP contribution in [0.25, 0.3) is 0 Å². The molecule has 2 fully saturated rings. The maximum atomic E-state index is 13.7. The number of rotatable bonds is 0. The summed E-state index contributed by atoms with van der Waals surface area (Å²) in [6.07, 6.45) is 2.01. The molecule has 8 atom stereocenters. The highest BCUT2D eigenvalue weighted by Crippen LogP contribution is 2.71. The molecule has 4 aliphatic rings. The molecule has 0 radical (unpaired) electrons. The summed E-state index contributed by atoms with van der Waals surface area (Å²) in [6.45, 7) is 9.91. The molecule has 2 saturated carbocycles. The zero-order valence-corrected chi connectivity index (χ0v) is 15.1. The zero-order chi connectivity index (χ0) is 17.8. The van der Waals surface area contributed by atoms with E-state index in [2.05, 4.69) is 13.8 Å². The average Bonchev–Trinajstić information content (AvgIpc) is 3.01. The van der Waals surface area contributed by atoms with E-state index in [9.17, 15) is 20.1 Å². The van der Waals surface area contributed by atoms with E-state index in [0.29, 0.717) is 17.1 Å². The number of hydrogen-bond donors (Lipinski definition) is 3. The van der Waals surface area contributed by atoms with Gasteiger partial charge in [0, 0.05) is 5.92 Å². The Balaban J connectivity index is 1.99. The number of ketones is 1. The molecule has 4 nitrogen and oxygen atoms in total. The molecule has 1 spiro atoms. The summed E-state index contributed by atoms with van der Waals surface area (Å²) in [4.78, 5) is 13.7. The lowest BCUT2D eigenvalue weighted by atomic mass is 9.59. The number of carbonyl (C=O) groups is 1. The van der Waals surface area contributed by atoms with Crippen molar-refractivity contribution in [2.24, 2.45) is 34.5 Å². The van der Waals surface area contributed by atoms with E-state index >= 15 is 0 Å². The maximum Gasteiger partial charge on any atom is 0.153 e. The molecule has 4 heteroatoms. The number of allylic oxidation sites excluding steroid dienone is 1. The van der Waals surface area contributed by atoms with Crippen molar-refractivity contribution >= 4 is 5.78 Å². The molecule has 0 saturated heterocycles. The fraction of sp³-hybridized carbons (Fsp3) is 0.750. The number of hydrogen-bond acceptors (Lipinski definition) is 4. The summed E-state index contributed by atoms with van der Waals surface area (Å²) in [5.74, 6) is 0.240. The predicted octanol–water partition coefficient (Wildman–Crippen LogP) is 1.84. The third-order valence-corrected chi connectivity index (χ3v) is 7.88. The topological polar surface area (TPSA) is 77.8 Å². The number of carbonyl (C=O) groups excluding carboxylic acids is 1. The first-order chi connectivity index (χ1) is 11.0. The smallest absolute Gasteiger partial charge is 0.153 e. The SMILES string of the molecule is CC1=C[C@@H]2C(=O)[C@@]3(C=C(C)[C@H](O)[C@@]3(O)[C@@H]1O)[C@H](C)C[C@H]1[C@H]2C1(C)C. The minimum absolute atomic E-state index is 0.0256. The second-order valence-corrected chi connectivity index (χ2v) is 9.28. The molecule has 4 aliphatic carbocycles. The lowest BCUT2D eigenvalue weighted by molar-refractivity contribution is -0.189. The normalized spacial score (nSPS) is 54.9. The first-order valence-electron chi connectivity index (χ1n) is 9.01. The van der Waals surface area contributed by atoms with Crippen LogP contribution in [-0.4, -0.2) is 38.9 Å². The van der Waals surface area contributed by atoms with Crippen molar-refractivity contribution in [3.05, 3.63) is 23.3 Å². The number of aliphatic hydroxyl groups excluding tert-OH is 2. The first-order valence-corrected chi connectivity index (χ1v) is 9.01. The average molecular weight is 332 g/mol. The van der Waals surface area contributed by atoms with Gasteiger partial charge < -0.3 is 15.3 Å². The van der Waals surface area contributed by atoms with E-state index in [1.807, 2.05) is 13.0 Å². The Labute approximate surface area is 143 Å². The lowest BCUT2D eigenvalue weighted by Crippen LogP contribution is -2.64. The molecule has 0 unspecified atom stereocenters.